The number of anilines is 1. The van der Waals surface area contributed by atoms with Crippen LogP contribution in [0.3, 0.4) is 0 Å². The first kappa shape index (κ1) is 10.4. The second-order valence-electron chi connectivity index (χ2n) is 3.24. The van der Waals surface area contributed by atoms with Gasteiger partial charge in [-0.1, -0.05) is 52.9 Å². The third-order valence-electron chi connectivity index (χ3n) is 2.15. The summed E-state index contributed by atoms with van der Waals surface area (Å²) in [6.07, 6.45) is 0. The summed E-state index contributed by atoms with van der Waals surface area (Å²) in [5, 5.41) is 5.16. The highest BCUT2D eigenvalue weighted by Gasteiger charge is 2.00. The average molecular weight is 311 g/mol. The molecule has 0 atom stereocenters. The summed E-state index contributed by atoms with van der Waals surface area (Å²) in [5.41, 5.74) is 0.857. The molecule has 76 valence electrons. The maximum Gasteiger partial charge on any atom is 0.234 e. The number of carbonyl (C=O) groups excluding carboxylic acids is 1. The van der Waals surface area contributed by atoms with Gasteiger partial charge in [-0.25, -0.2) is 0 Å². The van der Waals surface area contributed by atoms with Gasteiger partial charge in [-0.05, 0) is 22.9 Å². The molecule has 0 unspecified atom stereocenters. The molecule has 0 aliphatic rings. The van der Waals surface area contributed by atoms with Crippen molar-refractivity contribution in [3.8, 4) is 0 Å². The second kappa shape index (κ2) is 4.61. The van der Waals surface area contributed by atoms with E-state index in [1.54, 1.807) is 0 Å². The molecule has 1 N–H and O–H groups in total. The fourth-order valence-electron chi connectivity index (χ4n) is 1.46. The number of amides is 1. The molecule has 0 aliphatic heterocycles. The first-order valence-electron chi connectivity index (χ1n) is 4.64. The van der Waals surface area contributed by atoms with Crippen molar-refractivity contribution in [2.24, 2.45) is 0 Å². The molecule has 2 rings (SSSR count). The summed E-state index contributed by atoms with van der Waals surface area (Å²) >= 11 is 2.05. The van der Waals surface area contributed by atoms with Gasteiger partial charge in [0.05, 0.1) is 4.43 Å². The SMILES string of the molecule is O=C(CI)Nc1ccc2ccccc2c1. The Hall–Kier alpha value is -1.10. The molecule has 0 spiro atoms. The Morgan fingerprint density at radius 2 is 1.87 bits per heavy atom. The van der Waals surface area contributed by atoms with E-state index in [9.17, 15) is 4.79 Å². The third-order valence-corrected chi connectivity index (χ3v) is 2.85. The van der Waals surface area contributed by atoms with Crippen LogP contribution < -0.4 is 5.32 Å². The van der Waals surface area contributed by atoms with Gasteiger partial charge in [-0.15, -0.1) is 0 Å². The zero-order valence-corrected chi connectivity index (χ0v) is 10.2. The van der Waals surface area contributed by atoms with E-state index < -0.39 is 0 Å². The van der Waals surface area contributed by atoms with Crippen molar-refractivity contribution >= 4 is 45.0 Å². The summed E-state index contributed by atoms with van der Waals surface area (Å²) in [4.78, 5) is 11.2. The number of halogens is 1. The predicted octanol–water partition coefficient (Wildman–Crippen LogP) is 3.21. The van der Waals surface area contributed by atoms with Crippen LogP contribution in [0.15, 0.2) is 42.5 Å². The van der Waals surface area contributed by atoms with Gasteiger partial charge in [0.25, 0.3) is 0 Å². The Balaban J connectivity index is 2.34. The summed E-state index contributed by atoms with van der Waals surface area (Å²) in [6, 6.07) is 14.0. The molecular formula is C12H10INO. The number of hydrogen-bond donors (Lipinski definition) is 1. The molecule has 0 saturated carbocycles. The van der Waals surface area contributed by atoms with E-state index in [-0.39, 0.29) is 5.91 Å². The molecule has 0 aliphatic carbocycles. The normalized spacial score (nSPS) is 10.2. The largest absolute Gasteiger partial charge is 0.325 e. The number of nitrogens with one attached hydrogen (secondary N) is 1. The molecule has 15 heavy (non-hydrogen) atoms. The van der Waals surface area contributed by atoms with Gasteiger partial charge in [0, 0.05) is 5.69 Å². The number of rotatable bonds is 2. The minimum Gasteiger partial charge on any atom is -0.325 e. The van der Waals surface area contributed by atoms with Crippen LogP contribution in [0.2, 0.25) is 0 Å². The number of benzene rings is 2. The van der Waals surface area contributed by atoms with E-state index in [0.717, 1.165) is 11.1 Å². The predicted molar refractivity (Wildman–Crippen MR) is 71.5 cm³/mol. The lowest BCUT2D eigenvalue weighted by molar-refractivity contribution is -0.113. The van der Waals surface area contributed by atoms with E-state index in [1.165, 1.54) is 5.39 Å². The van der Waals surface area contributed by atoms with Gasteiger partial charge >= 0.3 is 0 Å². The lowest BCUT2D eigenvalue weighted by Crippen LogP contribution is -2.11. The van der Waals surface area contributed by atoms with Gasteiger partial charge in [-0.2, -0.15) is 0 Å². The molecule has 0 fully saturated rings. The number of carbonyl (C=O) groups is 1. The quantitative estimate of drug-likeness (QED) is 0.670. The minimum atomic E-state index is 0.0332. The number of hydrogen-bond acceptors (Lipinski definition) is 1. The molecule has 0 radical (unpaired) electrons. The van der Waals surface area contributed by atoms with Crippen LogP contribution in [-0.2, 0) is 4.79 Å². The molecular weight excluding hydrogens is 301 g/mol. The Kier molecular flexibility index (Phi) is 3.20. The standard InChI is InChI=1S/C12H10INO/c13-8-12(15)14-11-6-5-9-3-1-2-4-10(9)7-11/h1-7H,8H2,(H,14,15). The Labute approximate surface area is 102 Å². The molecule has 2 aromatic carbocycles. The van der Waals surface area contributed by atoms with Crippen LogP contribution in [-0.4, -0.2) is 10.3 Å². The maximum absolute atomic E-state index is 11.2. The molecule has 0 heterocycles. The third kappa shape index (κ3) is 2.47. The van der Waals surface area contributed by atoms with Gasteiger partial charge in [0.15, 0.2) is 0 Å². The molecule has 2 nitrogen and oxygen atoms in total. The molecule has 0 bridgehead atoms. The van der Waals surface area contributed by atoms with Gasteiger partial charge in [0.2, 0.25) is 5.91 Å². The zero-order valence-electron chi connectivity index (χ0n) is 8.03. The smallest absolute Gasteiger partial charge is 0.234 e. The first-order chi connectivity index (χ1) is 7.29. The first-order valence-corrected chi connectivity index (χ1v) is 6.17. The number of alkyl halides is 1. The van der Waals surface area contributed by atoms with Crippen molar-refractivity contribution in [3.63, 3.8) is 0 Å². The van der Waals surface area contributed by atoms with Gasteiger partial charge < -0.3 is 5.32 Å². The van der Waals surface area contributed by atoms with Gasteiger partial charge in [0.1, 0.15) is 0 Å². The fourth-order valence-corrected chi connectivity index (χ4v) is 1.65. The van der Waals surface area contributed by atoms with E-state index in [4.69, 9.17) is 0 Å². The second-order valence-corrected chi connectivity index (χ2v) is 4.01. The highest BCUT2D eigenvalue weighted by atomic mass is 127. The average Bonchev–Trinajstić information content (AvgIpc) is 2.29. The zero-order chi connectivity index (χ0) is 10.7. The molecule has 2 aromatic rings. The molecule has 1 amide bonds. The summed E-state index contributed by atoms with van der Waals surface area (Å²) < 4.78 is 0.477. The van der Waals surface area contributed by atoms with Crippen LogP contribution in [0.5, 0.6) is 0 Å². The summed E-state index contributed by atoms with van der Waals surface area (Å²) in [5.74, 6) is 0.0332. The molecule has 3 heteroatoms. The van der Waals surface area contributed by atoms with Crippen LogP contribution >= 0.6 is 22.6 Å². The van der Waals surface area contributed by atoms with Gasteiger partial charge in [-0.3, -0.25) is 4.79 Å². The van der Waals surface area contributed by atoms with Crippen molar-refractivity contribution in [1.29, 1.82) is 0 Å². The lowest BCUT2D eigenvalue weighted by Gasteiger charge is -2.04. The van der Waals surface area contributed by atoms with Crippen molar-refractivity contribution in [2.45, 2.75) is 0 Å². The van der Waals surface area contributed by atoms with E-state index in [1.807, 2.05) is 59.0 Å². The van der Waals surface area contributed by atoms with Crippen molar-refractivity contribution in [2.75, 3.05) is 9.74 Å². The van der Waals surface area contributed by atoms with E-state index in [0.29, 0.717) is 4.43 Å². The monoisotopic (exact) mass is 311 g/mol. The van der Waals surface area contributed by atoms with Crippen molar-refractivity contribution < 1.29 is 4.79 Å². The Bertz CT molecular complexity index is 496. The topological polar surface area (TPSA) is 29.1 Å². The lowest BCUT2D eigenvalue weighted by atomic mass is 10.1. The van der Waals surface area contributed by atoms with E-state index in [2.05, 4.69) is 11.4 Å². The summed E-state index contributed by atoms with van der Waals surface area (Å²) in [7, 11) is 0. The Morgan fingerprint density at radius 1 is 1.13 bits per heavy atom. The van der Waals surface area contributed by atoms with Crippen molar-refractivity contribution in [3.05, 3.63) is 42.5 Å². The minimum absolute atomic E-state index is 0.0332. The summed E-state index contributed by atoms with van der Waals surface area (Å²) in [6.45, 7) is 0. The van der Waals surface area contributed by atoms with Crippen LogP contribution in [0, 0.1) is 0 Å². The van der Waals surface area contributed by atoms with Crippen LogP contribution in [0.1, 0.15) is 0 Å². The van der Waals surface area contributed by atoms with E-state index >= 15 is 0 Å². The van der Waals surface area contributed by atoms with Crippen molar-refractivity contribution in [1.82, 2.24) is 0 Å². The Morgan fingerprint density at radius 3 is 2.60 bits per heavy atom. The van der Waals surface area contributed by atoms with Crippen LogP contribution in [0.25, 0.3) is 10.8 Å². The molecule has 0 aromatic heterocycles. The highest BCUT2D eigenvalue weighted by Crippen LogP contribution is 2.18. The highest BCUT2D eigenvalue weighted by molar-refractivity contribution is 14.1. The molecule has 0 saturated heterocycles. The fraction of sp³-hybridized carbons (Fsp3) is 0.0833. The van der Waals surface area contributed by atoms with Crippen LogP contribution in [0.4, 0.5) is 5.69 Å². The number of fused-ring (bicyclic) bond motifs is 1. The maximum atomic E-state index is 11.2.